The average Bonchev–Trinajstić information content (AvgIpc) is 2.95. The lowest BCUT2D eigenvalue weighted by Gasteiger charge is -2.32. The van der Waals surface area contributed by atoms with E-state index in [4.69, 9.17) is 27.9 Å². The second kappa shape index (κ2) is 13.9. The number of rotatable bonds is 12. The number of anilines is 1. The minimum Gasteiger partial charge on any atom is -0.497 e. The van der Waals surface area contributed by atoms with Crippen LogP contribution in [0, 0.1) is 5.92 Å². The number of hydrogen-bond acceptors (Lipinski definition) is 5. The van der Waals surface area contributed by atoms with Crippen molar-refractivity contribution in [1.82, 2.24) is 10.2 Å². The van der Waals surface area contributed by atoms with E-state index >= 15 is 0 Å². The maximum atomic E-state index is 14.0. The molecule has 0 aromatic heterocycles. The van der Waals surface area contributed by atoms with E-state index < -0.39 is 28.5 Å². The Bertz CT molecular complexity index is 1430. The molecule has 0 saturated heterocycles. The van der Waals surface area contributed by atoms with Crippen LogP contribution in [0.2, 0.25) is 10.0 Å². The molecule has 0 saturated carbocycles. The van der Waals surface area contributed by atoms with Crippen molar-refractivity contribution in [2.75, 3.05) is 24.5 Å². The smallest absolute Gasteiger partial charge is 0.264 e. The first-order chi connectivity index (χ1) is 18.9. The molecule has 3 rings (SSSR count). The van der Waals surface area contributed by atoms with Crippen LogP contribution < -0.4 is 14.4 Å². The highest BCUT2D eigenvalue weighted by Crippen LogP contribution is 2.35. The summed E-state index contributed by atoms with van der Waals surface area (Å²) in [4.78, 5) is 28.4. The number of ether oxygens (including phenoxy) is 1. The lowest BCUT2D eigenvalue weighted by molar-refractivity contribution is -0.139. The number of amides is 2. The van der Waals surface area contributed by atoms with E-state index in [0.717, 1.165) is 4.31 Å². The summed E-state index contributed by atoms with van der Waals surface area (Å²) in [6.07, 6.45) is 0. The van der Waals surface area contributed by atoms with Crippen LogP contribution >= 0.6 is 23.2 Å². The Labute approximate surface area is 245 Å². The zero-order chi connectivity index (χ0) is 29.4. The van der Waals surface area contributed by atoms with Crippen LogP contribution in [0.5, 0.6) is 5.75 Å². The van der Waals surface area contributed by atoms with Crippen LogP contribution in [0.25, 0.3) is 0 Å². The van der Waals surface area contributed by atoms with Gasteiger partial charge < -0.3 is 15.0 Å². The Kier molecular flexibility index (Phi) is 10.8. The molecule has 1 N–H and O–H groups in total. The third kappa shape index (κ3) is 7.68. The summed E-state index contributed by atoms with van der Waals surface area (Å²) in [5, 5.41) is 2.97. The molecular formula is C29H33Cl2N3O5S. The number of halogens is 2. The summed E-state index contributed by atoms with van der Waals surface area (Å²) in [7, 11) is -2.72. The van der Waals surface area contributed by atoms with E-state index in [9.17, 15) is 18.0 Å². The molecule has 0 aliphatic rings. The fourth-order valence-electron chi connectivity index (χ4n) is 3.92. The molecule has 0 unspecified atom stereocenters. The summed E-state index contributed by atoms with van der Waals surface area (Å²) >= 11 is 12.7. The van der Waals surface area contributed by atoms with E-state index in [1.807, 2.05) is 13.8 Å². The standard InChI is InChI=1S/C29H33Cl2N3O5S/c1-20(2)17-32-29(36)21(3)33(18-22-10-8-11-23(16-22)39-4)27(35)19-34(26-15-9-14-25(30)28(26)31)40(37,38)24-12-6-5-7-13-24/h5-16,20-21H,17-19H2,1-4H3,(H,32,36)/t21-/m0/s1. The largest absolute Gasteiger partial charge is 0.497 e. The molecule has 2 amide bonds. The maximum Gasteiger partial charge on any atom is 0.264 e. The summed E-state index contributed by atoms with van der Waals surface area (Å²) in [5.74, 6) is -0.176. The minimum atomic E-state index is -4.25. The van der Waals surface area contributed by atoms with E-state index in [2.05, 4.69) is 5.32 Å². The third-order valence-electron chi connectivity index (χ3n) is 6.15. The van der Waals surface area contributed by atoms with E-state index in [0.29, 0.717) is 17.9 Å². The second-order valence-corrected chi connectivity index (χ2v) is 12.2. The van der Waals surface area contributed by atoms with Crippen LogP contribution in [0.4, 0.5) is 5.69 Å². The molecule has 214 valence electrons. The predicted molar refractivity (Wildman–Crippen MR) is 158 cm³/mol. The fourth-order valence-corrected chi connectivity index (χ4v) is 5.82. The van der Waals surface area contributed by atoms with Crippen molar-refractivity contribution in [3.05, 3.63) is 88.4 Å². The molecule has 3 aromatic carbocycles. The molecule has 1 atom stereocenters. The molecule has 0 aliphatic heterocycles. The normalized spacial score (nSPS) is 12.1. The first kappa shape index (κ1) is 31.3. The Morgan fingerprint density at radius 1 is 0.950 bits per heavy atom. The van der Waals surface area contributed by atoms with Gasteiger partial charge in [-0.25, -0.2) is 8.42 Å². The Morgan fingerprint density at radius 2 is 1.62 bits per heavy atom. The zero-order valence-electron chi connectivity index (χ0n) is 22.8. The molecule has 0 radical (unpaired) electrons. The van der Waals surface area contributed by atoms with Gasteiger partial charge in [0.2, 0.25) is 11.8 Å². The number of methoxy groups -OCH3 is 1. The summed E-state index contributed by atoms with van der Waals surface area (Å²) in [6.45, 7) is 5.38. The second-order valence-electron chi connectivity index (χ2n) is 9.59. The molecule has 0 fully saturated rings. The van der Waals surface area contributed by atoms with Crippen LogP contribution in [-0.4, -0.2) is 51.4 Å². The summed E-state index contributed by atoms with van der Waals surface area (Å²) < 4.78 is 33.9. The quantitative estimate of drug-likeness (QED) is 0.299. The molecule has 0 heterocycles. The van der Waals surface area contributed by atoms with Crippen molar-refractivity contribution in [2.24, 2.45) is 5.92 Å². The van der Waals surface area contributed by atoms with Crippen molar-refractivity contribution in [3.8, 4) is 5.75 Å². The van der Waals surface area contributed by atoms with Gasteiger partial charge in [0.25, 0.3) is 10.0 Å². The van der Waals surface area contributed by atoms with Crippen molar-refractivity contribution < 1.29 is 22.7 Å². The number of nitrogens with one attached hydrogen (secondary N) is 1. The Morgan fingerprint density at radius 3 is 2.27 bits per heavy atom. The van der Waals surface area contributed by atoms with Crippen LogP contribution in [0.1, 0.15) is 26.3 Å². The number of sulfonamides is 1. The van der Waals surface area contributed by atoms with Crippen molar-refractivity contribution in [2.45, 2.75) is 38.3 Å². The Hall–Kier alpha value is -3.27. The molecule has 0 bridgehead atoms. The molecule has 0 aliphatic carbocycles. The predicted octanol–water partition coefficient (Wildman–Crippen LogP) is 5.39. The van der Waals surface area contributed by atoms with Crippen LogP contribution in [0.3, 0.4) is 0 Å². The number of hydrogen-bond donors (Lipinski definition) is 1. The fraction of sp³-hybridized carbons (Fsp3) is 0.310. The SMILES string of the molecule is COc1cccc(CN(C(=O)CN(c2cccc(Cl)c2Cl)S(=O)(=O)c2ccccc2)[C@@H](C)C(=O)NCC(C)C)c1. The lowest BCUT2D eigenvalue weighted by atomic mass is 10.1. The summed E-state index contributed by atoms with van der Waals surface area (Å²) in [6, 6.07) is 18.5. The molecule has 3 aromatic rings. The monoisotopic (exact) mass is 605 g/mol. The summed E-state index contributed by atoms with van der Waals surface area (Å²) in [5.41, 5.74) is 0.749. The Balaban J connectivity index is 2.05. The maximum absolute atomic E-state index is 14.0. The topological polar surface area (TPSA) is 96.0 Å². The first-order valence-corrected chi connectivity index (χ1v) is 14.9. The molecular weight excluding hydrogens is 573 g/mol. The van der Waals surface area contributed by atoms with Crippen molar-refractivity contribution >= 4 is 50.7 Å². The zero-order valence-corrected chi connectivity index (χ0v) is 25.1. The number of carbonyl (C=O) groups is 2. The first-order valence-electron chi connectivity index (χ1n) is 12.7. The highest BCUT2D eigenvalue weighted by molar-refractivity contribution is 7.92. The van der Waals surface area contributed by atoms with Gasteiger partial charge in [-0.2, -0.15) is 0 Å². The van der Waals surface area contributed by atoms with Gasteiger partial charge in [0, 0.05) is 13.1 Å². The van der Waals surface area contributed by atoms with E-state index in [1.165, 1.54) is 36.3 Å². The van der Waals surface area contributed by atoms with Gasteiger partial charge in [-0.3, -0.25) is 13.9 Å². The van der Waals surface area contributed by atoms with E-state index in [1.54, 1.807) is 55.5 Å². The van der Waals surface area contributed by atoms with Gasteiger partial charge in [-0.05, 0) is 54.8 Å². The highest BCUT2D eigenvalue weighted by atomic mass is 35.5. The van der Waals surface area contributed by atoms with Gasteiger partial charge >= 0.3 is 0 Å². The van der Waals surface area contributed by atoms with Crippen LogP contribution in [-0.2, 0) is 26.2 Å². The van der Waals surface area contributed by atoms with Gasteiger partial charge in [-0.15, -0.1) is 0 Å². The number of carbonyl (C=O) groups excluding carboxylic acids is 2. The third-order valence-corrected chi connectivity index (χ3v) is 8.73. The van der Waals surface area contributed by atoms with E-state index in [-0.39, 0.29) is 39.0 Å². The average molecular weight is 607 g/mol. The highest BCUT2D eigenvalue weighted by Gasteiger charge is 2.33. The number of benzene rings is 3. The molecule has 8 nitrogen and oxygen atoms in total. The lowest BCUT2D eigenvalue weighted by Crippen LogP contribution is -2.51. The van der Waals surface area contributed by atoms with Gasteiger partial charge in [0.1, 0.15) is 18.3 Å². The molecule has 0 spiro atoms. The molecule has 11 heteroatoms. The van der Waals surface area contributed by atoms with Crippen LogP contribution in [0.15, 0.2) is 77.7 Å². The van der Waals surface area contributed by atoms with Crippen molar-refractivity contribution in [3.63, 3.8) is 0 Å². The van der Waals surface area contributed by atoms with Gasteiger partial charge in [0.15, 0.2) is 0 Å². The van der Waals surface area contributed by atoms with Gasteiger partial charge in [0.05, 0.1) is 27.7 Å². The van der Waals surface area contributed by atoms with Gasteiger partial charge in [-0.1, -0.05) is 73.4 Å². The molecule has 40 heavy (non-hydrogen) atoms. The minimum absolute atomic E-state index is 0.0152. The van der Waals surface area contributed by atoms with Crippen molar-refractivity contribution in [1.29, 1.82) is 0 Å². The number of nitrogens with zero attached hydrogens (tertiary/aromatic N) is 2.